The van der Waals surface area contributed by atoms with Crippen LogP contribution in [0.1, 0.15) is 5.56 Å². The Bertz CT molecular complexity index is 804. The van der Waals surface area contributed by atoms with E-state index in [9.17, 15) is 13.9 Å². The number of piperazine rings is 1. The van der Waals surface area contributed by atoms with Crippen LogP contribution >= 0.6 is 0 Å². The second-order valence-corrected chi connectivity index (χ2v) is 6.40. The fraction of sp³-hybridized carbons (Fsp3) is 0.350. The number of hydrogen-bond donors (Lipinski definition) is 2. The minimum Gasteiger partial charge on any atom is -0.506 e. The molecule has 3 rings (SSSR count). The van der Waals surface area contributed by atoms with E-state index in [1.807, 2.05) is 18.2 Å². The highest BCUT2D eigenvalue weighted by molar-refractivity contribution is 5.80. The van der Waals surface area contributed by atoms with Crippen LogP contribution in [0.2, 0.25) is 0 Å². The zero-order chi connectivity index (χ0) is 19.2. The predicted octanol–water partition coefficient (Wildman–Crippen LogP) is 2.61. The number of nitrogens with one attached hydrogen (secondary N) is 1. The first kappa shape index (κ1) is 18.9. The predicted molar refractivity (Wildman–Crippen MR) is 103 cm³/mol. The molecular formula is C20H24F2N4O. The molecule has 0 radical (unpaired) electrons. The highest BCUT2D eigenvalue weighted by atomic mass is 19.2. The lowest BCUT2D eigenvalue weighted by molar-refractivity contribution is 0.370. The van der Waals surface area contributed by atoms with Crippen LogP contribution in [0.5, 0.6) is 5.75 Å². The van der Waals surface area contributed by atoms with E-state index in [4.69, 9.17) is 0 Å². The van der Waals surface area contributed by atoms with E-state index in [0.29, 0.717) is 18.5 Å². The van der Waals surface area contributed by atoms with E-state index in [1.165, 1.54) is 6.07 Å². The van der Waals surface area contributed by atoms with Crippen molar-refractivity contribution in [2.45, 2.75) is 6.42 Å². The molecule has 0 saturated carbocycles. The molecule has 27 heavy (non-hydrogen) atoms. The summed E-state index contributed by atoms with van der Waals surface area (Å²) in [7, 11) is 1.71. The summed E-state index contributed by atoms with van der Waals surface area (Å²) < 4.78 is 27.0. The number of rotatable bonds is 4. The van der Waals surface area contributed by atoms with Crippen LogP contribution in [-0.2, 0) is 6.42 Å². The quantitative estimate of drug-likeness (QED) is 0.638. The Labute approximate surface area is 157 Å². The van der Waals surface area contributed by atoms with Crippen LogP contribution in [0.3, 0.4) is 0 Å². The van der Waals surface area contributed by atoms with Crippen molar-refractivity contribution in [1.29, 1.82) is 0 Å². The van der Waals surface area contributed by atoms with Crippen molar-refractivity contribution in [2.75, 3.05) is 44.7 Å². The van der Waals surface area contributed by atoms with E-state index in [-0.39, 0.29) is 5.75 Å². The number of halogens is 2. The van der Waals surface area contributed by atoms with Gasteiger partial charge in [-0.3, -0.25) is 4.99 Å². The number of aliphatic imine (C=N–C) groups is 1. The van der Waals surface area contributed by atoms with Gasteiger partial charge in [0.2, 0.25) is 0 Å². The lowest BCUT2D eigenvalue weighted by Crippen LogP contribution is -2.52. The molecule has 2 N–H and O–H groups in total. The molecule has 1 aliphatic rings. The first-order valence-corrected chi connectivity index (χ1v) is 9.01. The lowest BCUT2D eigenvalue weighted by atomic mass is 10.1. The molecule has 2 aromatic rings. The second-order valence-electron chi connectivity index (χ2n) is 6.40. The first-order chi connectivity index (χ1) is 13.1. The minimum atomic E-state index is -0.822. The van der Waals surface area contributed by atoms with Crippen molar-refractivity contribution in [3.63, 3.8) is 0 Å². The Hall–Kier alpha value is -2.83. The van der Waals surface area contributed by atoms with E-state index in [2.05, 4.69) is 20.1 Å². The maximum Gasteiger partial charge on any atom is 0.193 e. The first-order valence-electron chi connectivity index (χ1n) is 9.01. The van der Waals surface area contributed by atoms with Crippen molar-refractivity contribution in [2.24, 2.45) is 4.99 Å². The smallest absolute Gasteiger partial charge is 0.193 e. The van der Waals surface area contributed by atoms with Crippen molar-refractivity contribution < 1.29 is 13.9 Å². The summed E-state index contributed by atoms with van der Waals surface area (Å²) in [5, 5.41) is 13.2. The van der Waals surface area contributed by atoms with Gasteiger partial charge in [-0.2, -0.15) is 0 Å². The van der Waals surface area contributed by atoms with Crippen LogP contribution in [0, 0.1) is 11.6 Å². The van der Waals surface area contributed by atoms with Crippen molar-refractivity contribution >= 4 is 11.6 Å². The molecule has 0 spiro atoms. The largest absolute Gasteiger partial charge is 0.506 e. The summed E-state index contributed by atoms with van der Waals surface area (Å²) in [6.45, 7) is 3.49. The number of hydrogen-bond acceptors (Lipinski definition) is 3. The van der Waals surface area contributed by atoms with Gasteiger partial charge in [0.05, 0.1) is 5.69 Å². The van der Waals surface area contributed by atoms with Crippen molar-refractivity contribution in [1.82, 2.24) is 10.2 Å². The van der Waals surface area contributed by atoms with Gasteiger partial charge in [-0.05, 0) is 30.2 Å². The Morgan fingerprint density at radius 2 is 1.81 bits per heavy atom. The molecule has 2 aromatic carbocycles. The third kappa shape index (κ3) is 4.48. The van der Waals surface area contributed by atoms with Crippen LogP contribution in [0.15, 0.2) is 47.5 Å². The molecule has 0 amide bonds. The molecule has 0 aliphatic carbocycles. The number of anilines is 1. The normalized spacial score (nSPS) is 15.1. The zero-order valence-corrected chi connectivity index (χ0v) is 15.3. The summed E-state index contributed by atoms with van der Waals surface area (Å²) in [6.07, 6.45) is 0.375. The summed E-state index contributed by atoms with van der Waals surface area (Å²) in [5.74, 6) is -0.586. The minimum absolute atomic E-state index is 0.283. The average molecular weight is 374 g/mol. The molecule has 0 unspecified atom stereocenters. The number of guanidine groups is 1. The summed E-state index contributed by atoms with van der Waals surface area (Å²) in [4.78, 5) is 8.56. The van der Waals surface area contributed by atoms with E-state index >= 15 is 0 Å². The van der Waals surface area contributed by atoms with Gasteiger partial charge in [0.1, 0.15) is 5.75 Å². The van der Waals surface area contributed by atoms with Gasteiger partial charge >= 0.3 is 0 Å². The topological polar surface area (TPSA) is 51.1 Å². The summed E-state index contributed by atoms with van der Waals surface area (Å²) in [5.41, 5.74) is 1.18. The summed E-state index contributed by atoms with van der Waals surface area (Å²) >= 11 is 0. The van der Waals surface area contributed by atoms with Gasteiger partial charge in [0, 0.05) is 39.8 Å². The van der Waals surface area contributed by atoms with Crippen molar-refractivity contribution in [3.05, 3.63) is 59.7 Å². The van der Waals surface area contributed by atoms with E-state index < -0.39 is 11.6 Å². The molecular weight excluding hydrogens is 350 g/mol. The molecule has 144 valence electrons. The van der Waals surface area contributed by atoms with Gasteiger partial charge < -0.3 is 20.2 Å². The highest BCUT2D eigenvalue weighted by Crippen LogP contribution is 2.27. The van der Waals surface area contributed by atoms with Gasteiger partial charge in [-0.15, -0.1) is 0 Å². The maximum atomic E-state index is 13.7. The number of aromatic hydroxyl groups is 1. The van der Waals surface area contributed by atoms with E-state index in [1.54, 1.807) is 19.2 Å². The number of phenolic OH excluding ortho intramolecular Hbond substituents is 1. The molecule has 1 aliphatic heterocycles. The molecule has 0 atom stereocenters. The Morgan fingerprint density at radius 1 is 1.07 bits per heavy atom. The van der Waals surface area contributed by atoms with Crippen molar-refractivity contribution in [3.8, 4) is 5.75 Å². The zero-order valence-electron chi connectivity index (χ0n) is 15.3. The maximum absolute atomic E-state index is 13.7. The monoisotopic (exact) mass is 374 g/mol. The third-order valence-electron chi connectivity index (χ3n) is 4.72. The Balaban J connectivity index is 1.52. The van der Waals surface area contributed by atoms with Gasteiger partial charge in [0.25, 0.3) is 0 Å². The fourth-order valence-electron chi connectivity index (χ4n) is 3.27. The molecule has 0 aromatic heterocycles. The lowest BCUT2D eigenvalue weighted by Gasteiger charge is -2.37. The SMILES string of the molecule is CN=C(NCCc1cccc(F)c1F)N1CCN(c2ccccc2O)CC1. The molecule has 5 nitrogen and oxygen atoms in total. The molecule has 7 heteroatoms. The molecule has 1 fully saturated rings. The third-order valence-corrected chi connectivity index (χ3v) is 4.72. The number of nitrogens with zero attached hydrogens (tertiary/aromatic N) is 3. The Morgan fingerprint density at radius 3 is 2.52 bits per heavy atom. The second kappa shape index (κ2) is 8.70. The fourth-order valence-corrected chi connectivity index (χ4v) is 3.27. The number of para-hydroxylation sites is 2. The Kier molecular flexibility index (Phi) is 6.11. The van der Waals surface area contributed by atoms with Crippen LogP contribution in [0.4, 0.5) is 14.5 Å². The summed E-state index contributed by atoms with van der Waals surface area (Å²) in [6, 6.07) is 11.5. The van der Waals surface area contributed by atoms with Crippen LogP contribution in [0.25, 0.3) is 0 Å². The molecule has 0 bridgehead atoms. The number of phenols is 1. The molecule has 1 heterocycles. The average Bonchev–Trinajstić information content (AvgIpc) is 2.69. The van der Waals surface area contributed by atoms with Gasteiger partial charge in [0.15, 0.2) is 17.6 Å². The van der Waals surface area contributed by atoms with Gasteiger partial charge in [-0.1, -0.05) is 24.3 Å². The van der Waals surface area contributed by atoms with E-state index in [0.717, 1.165) is 43.9 Å². The number of benzene rings is 2. The van der Waals surface area contributed by atoms with Crippen LogP contribution in [-0.4, -0.2) is 55.7 Å². The van der Waals surface area contributed by atoms with Gasteiger partial charge in [-0.25, -0.2) is 8.78 Å². The standard InChI is InChI=1S/C20H24F2N4O/c1-23-20(24-10-9-15-5-4-6-16(21)19(15)22)26-13-11-25(12-14-26)17-7-2-3-8-18(17)27/h2-8,27H,9-14H2,1H3,(H,23,24). The molecule has 1 saturated heterocycles. The van der Waals surface area contributed by atoms with Crippen LogP contribution < -0.4 is 10.2 Å². The highest BCUT2D eigenvalue weighted by Gasteiger charge is 2.21.